The van der Waals surface area contributed by atoms with Crippen molar-refractivity contribution in [2.75, 3.05) is 13.1 Å². The Labute approximate surface area is 121 Å². The van der Waals surface area contributed by atoms with Crippen molar-refractivity contribution < 1.29 is 27.1 Å². The van der Waals surface area contributed by atoms with Gasteiger partial charge in [-0.3, -0.25) is 4.79 Å². The molecule has 1 unspecified atom stereocenters. The highest BCUT2D eigenvalue weighted by Crippen LogP contribution is 2.27. The highest BCUT2D eigenvalue weighted by atomic mass is 32.2. The second-order valence-electron chi connectivity index (χ2n) is 5.04. The topological polar surface area (TPSA) is 74.7 Å². The van der Waals surface area contributed by atoms with Gasteiger partial charge in [0, 0.05) is 25.6 Å². The van der Waals surface area contributed by atoms with E-state index in [1.807, 2.05) is 0 Å². The molecule has 0 aliphatic carbocycles. The summed E-state index contributed by atoms with van der Waals surface area (Å²) in [6.45, 7) is 0.237. The minimum atomic E-state index is -4.08. The molecule has 1 aromatic carbocycles. The van der Waals surface area contributed by atoms with Crippen LogP contribution < -0.4 is 0 Å². The van der Waals surface area contributed by atoms with Crippen LogP contribution in [-0.2, 0) is 14.8 Å². The van der Waals surface area contributed by atoms with Gasteiger partial charge in [0.15, 0.2) is 0 Å². The van der Waals surface area contributed by atoms with Crippen LogP contribution in [0, 0.1) is 17.6 Å². The largest absolute Gasteiger partial charge is 0.481 e. The van der Waals surface area contributed by atoms with Gasteiger partial charge in [0.1, 0.15) is 16.5 Å². The molecular formula is C13H15F2NO4S. The average molecular weight is 319 g/mol. The van der Waals surface area contributed by atoms with E-state index in [9.17, 15) is 22.0 Å². The first-order chi connectivity index (χ1) is 9.80. The third-order valence-corrected chi connectivity index (χ3v) is 5.36. The number of hydrogen-bond acceptors (Lipinski definition) is 3. The lowest BCUT2D eigenvalue weighted by molar-refractivity contribution is -0.138. The zero-order chi connectivity index (χ0) is 15.6. The quantitative estimate of drug-likeness (QED) is 0.919. The molecule has 1 saturated heterocycles. The first-order valence-electron chi connectivity index (χ1n) is 6.47. The lowest BCUT2D eigenvalue weighted by Crippen LogP contribution is -2.40. The van der Waals surface area contributed by atoms with Gasteiger partial charge in [0.05, 0.1) is 0 Å². The van der Waals surface area contributed by atoms with E-state index < -0.39 is 32.5 Å². The maximum Gasteiger partial charge on any atom is 0.303 e. The van der Waals surface area contributed by atoms with Gasteiger partial charge in [-0.2, -0.15) is 4.31 Å². The number of carboxylic acids is 1. The number of piperidine rings is 1. The summed E-state index contributed by atoms with van der Waals surface area (Å²) in [5.74, 6) is -3.29. The van der Waals surface area contributed by atoms with Gasteiger partial charge in [0.2, 0.25) is 10.0 Å². The molecule has 116 valence electrons. The predicted octanol–water partition coefficient (Wildman–Crippen LogP) is 1.84. The van der Waals surface area contributed by atoms with E-state index in [2.05, 4.69) is 0 Å². The standard InChI is InChI=1S/C13H15F2NO4S/c14-10-3-4-12(11(15)7-10)21(19,20)16-5-1-2-9(8-16)6-13(17)18/h3-4,7,9H,1-2,5-6,8H2,(H,17,18). The van der Waals surface area contributed by atoms with Crippen LogP contribution in [0.25, 0.3) is 0 Å². The molecule has 21 heavy (non-hydrogen) atoms. The summed E-state index contributed by atoms with van der Waals surface area (Å²) >= 11 is 0. The van der Waals surface area contributed by atoms with E-state index >= 15 is 0 Å². The SMILES string of the molecule is O=C(O)CC1CCCN(S(=O)(=O)c2ccc(F)cc2F)C1. The minimum Gasteiger partial charge on any atom is -0.481 e. The van der Waals surface area contributed by atoms with Crippen molar-refractivity contribution in [1.82, 2.24) is 4.31 Å². The third-order valence-electron chi connectivity index (χ3n) is 3.46. The monoisotopic (exact) mass is 319 g/mol. The Morgan fingerprint density at radius 1 is 1.38 bits per heavy atom. The molecule has 0 radical (unpaired) electrons. The van der Waals surface area contributed by atoms with Gasteiger partial charge in [-0.1, -0.05) is 0 Å². The number of nitrogens with zero attached hydrogens (tertiary/aromatic N) is 1. The molecule has 1 aliphatic heterocycles. The number of benzene rings is 1. The molecule has 1 heterocycles. The molecule has 1 atom stereocenters. The molecule has 1 aliphatic rings. The van der Waals surface area contributed by atoms with Crippen LogP contribution in [0.5, 0.6) is 0 Å². The fourth-order valence-corrected chi connectivity index (χ4v) is 4.08. The molecule has 5 nitrogen and oxygen atoms in total. The number of halogens is 2. The summed E-state index contributed by atoms with van der Waals surface area (Å²) < 4.78 is 52.3. The Balaban J connectivity index is 2.24. The van der Waals surface area contributed by atoms with Gasteiger partial charge in [-0.25, -0.2) is 17.2 Å². The van der Waals surface area contributed by atoms with Crippen molar-refractivity contribution in [2.24, 2.45) is 5.92 Å². The second kappa shape index (κ2) is 6.07. The van der Waals surface area contributed by atoms with E-state index in [1.165, 1.54) is 0 Å². The lowest BCUT2D eigenvalue weighted by atomic mass is 9.96. The van der Waals surface area contributed by atoms with E-state index in [-0.39, 0.29) is 25.4 Å². The number of aliphatic carboxylic acids is 1. The molecule has 0 spiro atoms. The summed E-state index contributed by atoms with van der Waals surface area (Å²) in [5.41, 5.74) is 0. The van der Waals surface area contributed by atoms with Crippen LogP contribution in [0.15, 0.2) is 23.1 Å². The third kappa shape index (κ3) is 3.56. The Morgan fingerprint density at radius 3 is 2.71 bits per heavy atom. The Hall–Kier alpha value is -1.54. The summed E-state index contributed by atoms with van der Waals surface area (Å²) in [6, 6.07) is 2.29. The normalized spacial score (nSPS) is 20.4. The van der Waals surface area contributed by atoms with Crippen molar-refractivity contribution in [2.45, 2.75) is 24.2 Å². The van der Waals surface area contributed by atoms with Crippen LogP contribution in [0.4, 0.5) is 8.78 Å². The van der Waals surface area contributed by atoms with Gasteiger partial charge >= 0.3 is 5.97 Å². The molecule has 2 rings (SSSR count). The number of rotatable bonds is 4. The van der Waals surface area contributed by atoms with Crippen LogP contribution in [-0.4, -0.2) is 36.9 Å². The van der Waals surface area contributed by atoms with Crippen molar-refractivity contribution in [3.63, 3.8) is 0 Å². The number of sulfonamides is 1. The second-order valence-corrected chi connectivity index (χ2v) is 6.95. The Morgan fingerprint density at radius 2 is 2.10 bits per heavy atom. The first kappa shape index (κ1) is 15.8. The molecule has 1 aromatic rings. The highest BCUT2D eigenvalue weighted by molar-refractivity contribution is 7.89. The Kier molecular flexibility index (Phi) is 4.58. The summed E-state index contributed by atoms with van der Waals surface area (Å²) in [5, 5.41) is 8.78. The van der Waals surface area contributed by atoms with Crippen LogP contribution >= 0.6 is 0 Å². The molecule has 8 heteroatoms. The number of carbonyl (C=O) groups is 1. The van der Waals surface area contributed by atoms with Crippen molar-refractivity contribution in [3.05, 3.63) is 29.8 Å². The fraction of sp³-hybridized carbons (Fsp3) is 0.462. The number of hydrogen-bond donors (Lipinski definition) is 1. The van der Waals surface area contributed by atoms with Crippen LogP contribution in [0.1, 0.15) is 19.3 Å². The summed E-state index contributed by atoms with van der Waals surface area (Å²) in [4.78, 5) is 10.1. The highest BCUT2D eigenvalue weighted by Gasteiger charge is 2.32. The van der Waals surface area contributed by atoms with Crippen LogP contribution in [0.2, 0.25) is 0 Å². The van der Waals surface area contributed by atoms with Crippen LogP contribution in [0.3, 0.4) is 0 Å². The lowest BCUT2D eigenvalue weighted by Gasteiger charge is -2.31. The summed E-state index contributed by atoms with van der Waals surface area (Å²) in [7, 11) is -4.08. The number of carboxylic acid groups (broad SMARTS) is 1. The van der Waals surface area contributed by atoms with Crippen molar-refractivity contribution >= 4 is 16.0 Å². The molecule has 1 N–H and O–H groups in total. The predicted molar refractivity (Wildman–Crippen MR) is 70.1 cm³/mol. The zero-order valence-corrected chi connectivity index (χ0v) is 11.9. The van der Waals surface area contributed by atoms with Gasteiger partial charge in [-0.15, -0.1) is 0 Å². The van der Waals surface area contributed by atoms with E-state index in [1.54, 1.807) is 0 Å². The van der Waals surface area contributed by atoms with Gasteiger partial charge in [0.25, 0.3) is 0 Å². The van der Waals surface area contributed by atoms with E-state index in [0.29, 0.717) is 18.9 Å². The molecule has 1 fully saturated rings. The zero-order valence-electron chi connectivity index (χ0n) is 11.1. The van der Waals surface area contributed by atoms with E-state index in [0.717, 1.165) is 16.4 Å². The maximum absolute atomic E-state index is 13.7. The maximum atomic E-state index is 13.7. The smallest absolute Gasteiger partial charge is 0.303 e. The molecule has 0 aromatic heterocycles. The van der Waals surface area contributed by atoms with E-state index in [4.69, 9.17) is 5.11 Å². The average Bonchev–Trinajstić information content (AvgIpc) is 2.37. The van der Waals surface area contributed by atoms with Gasteiger partial charge in [-0.05, 0) is 30.9 Å². The first-order valence-corrected chi connectivity index (χ1v) is 7.91. The summed E-state index contributed by atoms with van der Waals surface area (Å²) in [6.07, 6.45) is 1.00. The molecule has 0 amide bonds. The van der Waals surface area contributed by atoms with Gasteiger partial charge < -0.3 is 5.11 Å². The Bertz CT molecular complexity index is 648. The minimum absolute atomic E-state index is 0.0332. The molecular weight excluding hydrogens is 304 g/mol. The fourth-order valence-electron chi connectivity index (χ4n) is 2.48. The van der Waals surface area contributed by atoms with Crippen molar-refractivity contribution in [3.8, 4) is 0 Å². The van der Waals surface area contributed by atoms with Crippen molar-refractivity contribution in [1.29, 1.82) is 0 Å². The molecule has 0 bridgehead atoms. The molecule has 0 saturated carbocycles.